The molecular formula is C14H15ClN4O. The highest BCUT2D eigenvalue weighted by atomic mass is 35.5. The topological polar surface area (TPSA) is 66.9 Å². The van der Waals surface area contributed by atoms with Crippen molar-refractivity contribution in [3.8, 4) is 0 Å². The second-order valence-corrected chi connectivity index (χ2v) is 4.66. The number of carbonyl (C=O) groups is 1. The number of nitrogens with zero attached hydrogens (tertiary/aromatic N) is 2. The number of carbonyl (C=O) groups excluding carboxylic acids is 1. The molecule has 0 bridgehead atoms. The number of aryl methyl sites for hydroxylation is 1. The van der Waals surface area contributed by atoms with E-state index in [2.05, 4.69) is 20.6 Å². The van der Waals surface area contributed by atoms with Gasteiger partial charge in [-0.1, -0.05) is 17.7 Å². The van der Waals surface area contributed by atoms with E-state index in [1.54, 1.807) is 12.1 Å². The number of amides is 1. The Morgan fingerprint density at radius 1 is 1.30 bits per heavy atom. The van der Waals surface area contributed by atoms with Crippen molar-refractivity contribution in [3.05, 3.63) is 46.9 Å². The van der Waals surface area contributed by atoms with Crippen LogP contribution in [0.3, 0.4) is 0 Å². The number of nitrogens with one attached hydrogen (secondary N) is 2. The van der Waals surface area contributed by atoms with Gasteiger partial charge in [0.2, 0.25) is 0 Å². The van der Waals surface area contributed by atoms with Crippen LogP contribution in [0.15, 0.2) is 30.6 Å². The van der Waals surface area contributed by atoms with Gasteiger partial charge in [0, 0.05) is 6.54 Å². The number of hydrogen-bond donors (Lipinski definition) is 2. The molecule has 1 aromatic carbocycles. The Morgan fingerprint density at radius 3 is 2.75 bits per heavy atom. The molecule has 0 radical (unpaired) electrons. The van der Waals surface area contributed by atoms with Crippen molar-refractivity contribution >= 4 is 29.0 Å². The van der Waals surface area contributed by atoms with Gasteiger partial charge in [-0.15, -0.1) is 0 Å². The first-order valence-corrected chi connectivity index (χ1v) is 6.61. The van der Waals surface area contributed by atoms with E-state index in [1.807, 2.05) is 19.9 Å². The van der Waals surface area contributed by atoms with Crippen molar-refractivity contribution in [2.45, 2.75) is 13.8 Å². The maximum absolute atomic E-state index is 12.1. The molecule has 2 rings (SSSR count). The molecule has 104 valence electrons. The molecule has 0 saturated carbocycles. The van der Waals surface area contributed by atoms with Crippen molar-refractivity contribution in [1.82, 2.24) is 9.97 Å². The first-order chi connectivity index (χ1) is 9.60. The molecule has 2 N–H and O–H groups in total. The summed E-state index contributed by atoms with van der Waals surface area (Å²) in [6.45, 7) is 4.64. The number of halogens is 1. The predicted molar refractivity (Wildman–Crippen MR) is 80.3 cm³/mol. The second-order valence-electron chi connectivity index (χ2n) is 4.25. The molecule has 1 aromatic heterocycles. The highest BCUT2D eigenvalue weighted by Crippen LogP contribution is 2.23. The smallest absolute Gasteiger partial charge is 0.275 e. The molecular weight excluding hydrogens is 276 g/mol. The monoisotopic (exact) mass is 290 g/mol. The van der Waals surface area contributed by atoms with Crippen LogP contribution in [0.1, 0.15) is 23.0 Å². The van der Waals surface area contributed by atoms with Crippen molar-refractivity contribution in [1.29, 1.82) is 0 Å². The van der Waals surface area contributed by atoms with E-state index in [-0.39, 0.29) is 11.6 Å². The average molecular weight is 291 g/mol. The molecule has 0 saturated heterocycles. The lowest BCUT2D eigenvalue weighted by molar-refractivity contribution is 0.102. The number of rotatable bonds is 4. The molecule has 20 heavy (non-hydrogen) atoms. The quantitative estimate of drug-likeness (QED) is 0.908. The zero-order valence-electron chi connectivity index (χ0n) is 11.3. The first-order valence-electron chi connectivity index (χ1n) is 6.23. The largest absolute Gasteiger partial charge is 0.369 e. The van der Waals surface area contributed by atoms with Crippen LogP contribution in [-0.2, 0) is 0 Å². The van der Waals surface area contributed by atoms with Gasteiger partial charge in [0.05, 0.1) is 23.1 Å². The van der Waals surface area contributed by atoms with Crippen molar-refractivity contribution in [3.63, 3.8) is 0 Å². The van der Waals surface area contributed by atoms with E-state index >= 15 is 0 Å². The molecule has 5 nitrogen and oxygen atoms in total. The summed E-state index contributed by atoms with van der Waals surface area (Å²) >= 11 is 6.03. The Bertz CT molecular complexity index is 613. The van der Waals surface area contributed by atoms with Crippen LogP contribution in [0.25, 0.3) is 0 Å². The molecule has 2 aromatic rings. The molecule has 0 spiro atoms. The number of aromatic nitrogens is 2. The minimum absolute atomic E-state index is 0.240. The van der Waals surface area contributed by atoms with Crippen LogP contribution in [-0.4, -0.2) is 22.4 Å². The molecule has 0 fully saturated rings. The highest BCUT2D eigenvalue weighted by Gasteiger charge is 2.10. The maximum atomic E-state index is 12.1. The fraction of sp³-hybridized carbons (Fsp3) is 0.214. The van der Waals surface area contributed by atoms with E-state index < -0.39 is 0 Å². The van der Waals surface area contributed by atoms with Gasteiger partial charge in [-0.05, 0) is 31.5 Å². The Morgan fingerprint density at radius 2 is 2.10 bits per heavy atom. The average Bonchev–Trinajstić information content (AvgIpc) is 2.44. The molecule has 1 heterocycles. The van der Waals surface area contributed by atoms with Gasteiger partial charge in [-0.2, -0.15) is 0 Å². The summed E-state index contributed by atoms with van der Waals surface area (Å²) < 4.78 is 0. The van der Waals surface area contributed by atoms with Gasteiger partial charge >= 0.3 is 0 Å². The lowest BCUT2D eigenvalue weighted by Crippen LogP contribution is -2.15. The highest BCUT2D eigenvalue weighted by molar-refractivity contribution is 6.33. The van der Waals surface area contributed by atoms with E-state index in [0.717, 1.165) is 12.1 Å². The zero-order valence-corrected chi connectivity index (χ0v) is 12.0. The molecule has 0 unspecified atom stereocenters. The summed E-state index contributed by atoms with van der Waals surface area (Å²) in [6.07, 6.45) is 2.95. The van der Waals surface area contributed by atoms with Crippen LogP contribution < -0.4 is 10.6 Å². The van der Waals surface area contributed by atoms with Crippen LogP contribution >= 0.6 is 11.6 Å². The maximum Gasteiger partial charge on any atom is 0.275 e. The van der Waals surface area contributed by atoms with E-state index in [4.69, 9.17) is 11.6 Å². The van der Waals surface area contributed by atoms with E-state index in [9.17, 15) is 4.79 Å². The van der Waals surface area contributed by atoms with Gasteiger partial charge in [-0.25, -0.2) is 9.97 Å². The van der Waals surface area contributed by atoms with Crippen LogP contribution in [0.2, 0.25) is 5.02 Å². The molecule has 1 amide bonds. The fourth-order valence-electron chi connectivity index (χ4n) is 1.64. The SMILES string of the molecule is CCNc1cnc(C(=O)Nc2cc(C)ccc2Cl)cn1. The van der Waals surface area contributed by atoms with E-state index in [0.29, 0.717) is 16.5 Å². The number of hydrogen-bond acceptors (Lipinski definition) is 4. The lowest BCUT2D eigenvalue weighted by Gasteiger charge is -2.08. The summed E-state index contributed by atoms with van der Waals surface area (Å²) in [7, 11) is 0. The summed E-state index contributed by atoms with van der Waals surface area (Å²) in [6, 6.07) is 5.43. The summed E-state index contributed by atoms with van der Waals surface area (Å²) in [5, 5.41) is 6.23. The standard InChI is InChI=1S/C14H15ClN4O/c1-3-16-13-8-17-12(7-18-13)14(20)19-11-6-9(2)4-5-10(11)15/h4-8H,3H2,1-2H3,(H,16,18)(H,19,20). The van der Waals surface area contributed by atoms with Gasteiger partial charge in [-0.3, -0.25) is 4.79 Å². The Hall–Kier alpha value is -2.14. The second kappa shape index (κ2) is 6.34. The summed E-state index contributed by atoms with van der Waals surface area (Å²) in [4.78, 5) is 20.2. The van der Waals surface area contributed by atoms with Gasteiger partial charge < -0.3 is 10.6 Å². The summed E-state index contributed by atoms with van der Waals surface area (Å²) in [5.74, 6) is 0.297. The Labute approximate surface area is 122 Å². The zero-order chi connectivity index (χ0) is 14.5. The van der Waals surface area contributed by atoms with Crippen LogP contribution in [0.5, 0.6) is 0 Å². The van der Waals surface area contributed by atoms with Gasteiger partial charge in [0.1, 0.15) is 11.5 Å². The Kier molecular flexibility index (Phi) is 4.53. The Balaban J connectivity index is 2.13. The van der Waals surface area contributed by atoms with Gasteiger partial charge in [0.25, 0.3) is 5.91 Å². The minimum Gasteiger partial charge on any atom is -0.369 e. The van der Waals surface area contributed by atoms with Crippen LogP contribution in [0, 0.1) is 6.92 Å². The third-order valence-corrected chi connectivity index (χ3v) is 2.94. The third kappa shape index (κ3) is 3.45. The fourth-order valence-corrected chi connectivity index (χ4v) is 1.80. The molecule has 0 aliphatic heterocycles. The third-order valence-electron chi connectivity index (χ3n) is 2.61. The molecule has 6 heteroatoms. The van der Waals surface area contributed by atoms with Gasteiger partial charge in [0.15, 0.2) is 0 Å². The number of anilines is 2. The minimum atomic E-state index is -0.340. The molecule has 0 aliphatic rings. The predicted octanol–water partition coefficient (Wildman–Crippen LogP) is 3.12. The van der Waals surface area contributed by atoms with E-state index in [1.165, 1.54) is 12.4 Å². The lowest BCUT2D eigenvalue weighted by atomic mass is 10.2. The molecule has 0 atom stereocenters. The summed E-state index contributed by atoms with van der Waals surface area (Å²) in [5.41, 5.74) is 1.82. The number of benzene rings is 1. The van der Waals surface area contributed by atoms with Crippen LogP contribution in [0.4, 0.5) is 11.5 Å². The molecule has 0 aliphatic carbocycles. The van der Waals surface area contributed by atoms with Crippen molar-refractivity contribution < 1.29 is 4.79 Å². The normalized spacial score (nSPS) is 10.2. The first kappa shape index (κ1) is 14.3. The van der Waals surface area contributed by atoms with Crippen molar-refractivity contribution in [2.24, 2.45) is 0 Å². The van der Waals surface area contributed by atoms with Crippen molar-refractivity contribution in [2.75, 3.05) is 17.2 Å².